The molecule has 0 bridgehead atoms. The number of carbonyl (C=O) groups is 2. The summed E-state index contributed by atoms with van der Waals surface area (Å²) in [7, 11) is 0. The van der Waals surface area contributed by atoms with E-state index in [1.54, 1.807) is 29.5 Å². The van der Waals surface area contributed by atoms with E-state index in [1.165, 1.54) is 0 Å². The second-order valence-corrected chi connectivity index (χ2v) is 6.19. The molecule has 2 amide bonds. The van der Waals surface area contributed by atoms with Gasteiger partial charge in [0.05, 0.1) is 11.4 Å². The summed E-state index contributed by atoms with van der Waals surface area (Å²) < 4.78 is 5.65. The topological polar surface area (TPSA) is 71.3 Å². The van der Waals surface area contributed by atoms with Gasteiger partial charge in [0.1, 0.15) is 11.5 Å². The van der Waals surface area contributed by atoms with Crippen molar-refractivity contribution in [3.63, 3.8) is 0 Å². The van der Waals surface area contributed by atoms with Gasteiger partial charge in [-0.25, -0.2) is 0 Å². The van der Waals surface area contributed by atoms with Crippen molar-refractivity contribution in [3.05, 3.63) is 65.2 Å². The molecule has 6 heteroatoms. The van der Waals surface area contributed by atoms with Crippen molar-refractivity contribution in [1.29, 1.82) is 0 Å². The average molecular weight is 340 g/mol. The third-order valence-electron chi connectivity index (χ3n) is 3.36. The molecule has 0 saturated carbocycles. The van der Waals surface area contributed by atoms with Gasteiger partial charge in [-0.1, -0.05) is 23.8 Å². The molecule has 0 fully saturated rings. The Bertz CT molecular complexity index is 836. The molecule has 2 N–H and O–H groups in total. The summed E-state index contributed by atoms with van der Waals surface area (Å²) in [5.74, 6) is -0.0678. The van der Waals surface area contributed by atoms with Crippen LogP contribution in [0.15, 0.2) is 58.3 Å². The molecule has 0 spiro atoms. The van der Waals surface area contributed by atoms with Crippen molar-refractivity contribution in [1.82, 2.24) is 5.32 Å². The van der Waals surface area contributed by atoms with Crippen molar-refractivity contribution in [2.75, 3.05) is 5.32 Å². The number of carbonyl (C=O) groups excluding carboxylic acids is 2. The lowest BCUT2D eigenvalue weighted by Crippen LogP contribution is -2.34. The standard InChI is InChI=1S/C18H16N2O3S/c1-12-4-6-13(7-5-12)20-18(22)17(21)19-11-14-8-9-15(23-14)16-3-2-10-24-16/h2-10H,11H2,1H3,(H,19,21)(H,20,22). The molecule has 0 atom stereocenters. The first kappa shape index (κ1) is 16.0. The fraction of sp³-hybridized carbons (Fsp3) is 0.111. The van der Waals surface area contributed by atoms with Gasteiger partial charge >= 0.3 is 11.8 Å². The van der Waals surface area contributed by atoms with E-state index in [1.807, 2.05) is 42.6 Å². The minimum Gasteiger partial charge on any atom is -0.458 e. The number of furan rings is 1. The number of thiophene rings is 1. The molecule has 0 unspecified atom stereocenters. The Morgan fingerprint density at radius 2 is 1.83 bits per heavy atom. The summed E-state index contributed by atoms with van der Waals surface area (Å²) in [6, 6.07) is 14.8. The predicted molar refractivity (Wildman–Crippen MR) is 93.7 cm³/mol. The van der Waals surface area contributed by atoms with Crippen molar-refractivity contribution in [2.45, 2.75) is 13.5 Å². The van der Waals surface area contributed by atoms with Crippen LogP contribution in [0.2, 0.25) is 0 Å². The molecule has 0 aliphatic heterocycles. The quantitative estimate of drug-likeness (QED) is 0.713. The van der Waals surface area contributed by atoms with Crippen LogP contribution in [0.1, 0.15) is 11.3 Å². The van der Waals surface area contributed by atoms with Gasteiger partial charge in [-0.05, 0) is 42.6 Å². The molecule has 24 heavy (non-hydrogen) atoms. The number of benzene rings is 1. The van der Waals surface area contributed by atoms with E-state index in [9.17, 15) is 9.59 Å². The Morgan fingerprint density at radius 3 is 2.54 bits per heavy atom. The van der Waals surface area contributed by atoms with Crippen LogP contribution < -0.4 is 10.6 Å². The van der Waals surface area contributed by atoms with Gasteiger partial charge in [-0.3, -0.25) is 9.59 Å². The number of hydrogen-bond acceptors (Lipinski definition) is 4. The van der Waals surface area contributed by atoms with Gasteiger partial charge in [-0.2, -0.15) is 0 Å². The van der Waals surface area contributed by atoms with E-state index in [0.717, 1.165) is 16.2 Å². The van der Waals surface area contributed by atoms with E-state index >= 15 is 0 Å². The minimum absolute atomic E-state index is 0.158. The molecular formula is C18H16N2O3S. The summed E-state index contributed by atoms with van der Waals surface area (Å²) in [6.45, 7) is 2.11. The maximum atomic E-state index is 11.9. The number of amides is 2. The predicted octanol–water partition coefficient (Wildman–Crippen LogP) is 3.57. The van der Waals surface area contributed by atoms with Gasteiger partial charge < -0.3 is 15.1 Å². The Labute approximate surface area is 143 Å². The molecule has 3 aromatic rings. The SMILES string of the molecule is Cc1ccc(NC(=O)C(=O)NCc2ccc(-c3cccs3)o2)cc1. The molecule has 122 valence electrons. The highest BCUT2D eigenvalue weighted by Gasteiger charge is 2.14. The van der Waals surface area contributed by atoms with Crippen LogP contribution in [0.3, 0.4) is 0 Å². The average Bonchev–Trinajstić information content (AvgIpc) is 3.25. The zero-order valence-corrected chi connectivity index (χ0v) is 13.9. The fourth-order valence-corrected chi connectivity index (χ4v) is 2.78. The van der Waals surface area contributed by atoms with Gasteiger partial charge in [-0.15, -0.1) is 11.3 Å². The van der Waals surface area contributed by atoms with Gasteiger partial charge in [0.25, 0.3) is 0 Å². The van der Waals surface area contributed by atoms with Crippen LogP contribution in [-0.2, 0) is 16.1 Å². The first-order valence-corrected chi connectivity index (χ1v) is 8.28. The summed E-state index contributed by atoms with van der Waals surface area (Å²) in [5, 5.41) is 7.07. The van der Waals surface area contributed by atoms with E-state index < -0.39 is 11.8 Å². The maximum Gasteiger partial charge on any atom is 0.313 e. The molecule has 1 aromatic carbocycles. The van der Waals surface area contributed by atoms with E-state index in [4.69, 9.17) is 4.42 Å². The first-order valence-electron chi connectivity index (χ1n) is 7.40. The highest BCUT2D eigenvalue weighted by Crippen LogP contribution is 2.26. The molecule has 2 aromatic heterocycles. The van der Waals surface area contributed by atoms with Crippen LogP contribution in [0.25, 0.3) is 10.6 Å². The van der Waals surface area contributed by atoms with Crippen molar-refractivity contribution >= 4 is 28.8 Å². The lowest BCUT2D eigenvalue weighted by Gasteiger charge is -2.05. The summed E-state index contributed by atoms with van der Waals surface area (Å²) in [4.78, 5) is 24.7. The number of anilines is 1. The Morgan fingerprint density at radius 1 is 1.04 bits per heavy atom. The van der Waals surface area contributed by atoms with E-state index in [2.05, 4.69) is 10.6 Å². The largest absolute Gasteiger partial charge is 0.458 e. The molecule has 0 aliphatic rings. The number of aryl methyl sites for hydroxylation is 1. The minimum atomic E-state index is -0.705. The molecule has 5 nitrogen and oxygen atoms in total. The monoisotopic (exact) mass is 340 g/mol. The first-order chi connectivity index (χ1) is 11.6. The van der Waals surface area contributed by atoms with Crippen LogP contribution >= 0.6 is 11.3 Å². The lowest BCUT2D eigenvalue weighted by atomic mass is 10.2. The van der Waals surface area contributed by atoms with Crippen LogP contribution in [0.5, 0.6) is 0 Å². The smallest absolute Gasteiger partial charge is 0.313 e. The second kappa shape index (κ2) is 7.14. The highest BCUT2D eigenvalue weighted by atomic mass is 32.1. The zero-order valence-electron chi connectivity index (χ0n) is 13.0. The summed E-state index contributed by atoms with van der Waals surface area (Å²) >= 11 is 1.58. The lowest BCUT2D eigenvalue weighted by molar-refractivity contribution is -0.136. The van der Waals surface area contributed by atoms with Crippen molar-refractivity contribution in [2.24, 2.45) is 0 Å². The Hall–Kier alpha value is -2.86. The van der Waals surface area contributed by atoms with Crippen molar-refractivity contribution < 1.29 is 14.0 Å². The van der Waals surface area contributed by atoms with Crippen LogP contribution in [0, 0.1) is 6.92 Å². The van der Waals surface area contributed by atoms with Gasteiger partial charge in [0.2, 0.25) is 0 Å². The Kier molecular flexibility index (Phi) is 4.77. The number of rotatable bonds is 4. The van der Waals surface area contributed by atoms with Gasteiger partial charge in [0, 0.05) is 5.69 Å². The van der Waals surface area contributed by atoms with E-state index in [-0.39, 0.29) is 6.54 Å². The molecule has 0 radical (unpaired) electrons. The maximum absolute atomic E-state index is 11.9. The number of hydrogen-bond donors (Lipinski definition) is 2. The molecule has 0 aliphatic carbocycles. The van der Waals surface area contributed by atoms with Crippen LogP contribution in [0.4, 0.5) is 5.69 Å². The second-order valence-electron chi connectivity index (χ2n) is 5.25. The molecule has 3 rings (SSSR count). The van der Waals surface area contributed by atoms with E-state index in [0.29, 0.717) is 11.4 Å². The normalized spacial score (nSPS) is 10.4. The fourth-order valence-electron chi connectivity index (χ4n) is 2.10. The highest BCUT2D eigenvalue weighted by molar-refractivity contribution is 7.13. The van der Waals surface area contributed by atoms with Gasteiger partial charge in [0.15, 0.2) is 0 Å². The Balaban J connectivity index is 1.53. The molecule has 0 saturated heterocycles. The molecule has 2 heterocycles. The van der Waals surface area contributed by atoms with Crippen LogP contribution in [-0.4, -0.2) is 11.8 Å². The zero-order chi connectivity index (χ0) is 16.9. The third-order valence-corrected chi connectivity index (χ3v) is 4.25. The molecular weight excluding hydrogens is 324 g/mol. The number of nitrogens with one attached hydrogen (secondary N) is 2. The third kappa shape index (κ3) is 3.91. The summed E-state index contributed by atoms with van der Waals surface area (Å²) in [5.41, 5.74) is 1.66. The van der Waals surface area contributed by atoms with Crippen molar-refractivity contribution in [3.8, 4) is 10.6 Å². The summed E-state index contributed by atoms with van der Waals surface area (Å²) in [6.07, 6.45) is 0.